The molecule has 1 aliphatic heterocycles. The summed E-state index contributed by atoms with van der Waals surface area (Å²) in [6, 6.07) is 8.25. The highest BCUT2D eigenvalue weighted by atomic mass is 16.6. The van der Waals surface area contributed by atoms with Gasteiger partial charge in [0.2, 0.25) is 0 Å². The van der Waals surface area contributed by atoms with Crippen molar-refractivity contribution in [3.63, 3.8) is 0 Å². The Balaban J connectivity index is 1.90. The molecule has 0 aromatic heterocycles. The molecule has 0 radical (unpaired) electrons. The average Bonchev–Trinajstić information content (AvgIpc) is 3.47. The van der Waals surface area contributed by atoms with Crippen molar-refractivity contribution < 1.29 is 61.9 Å². The predicted molar refractivity (Wildman–Crippen MR) is 177 cm³/mol. The Bertz CT molecular complexity index is 1600. The van der Waals surface area contributed by atoms with Gasteiger partial charge in [-0.2, -0.15) is 0 Å². The molecule has 278 valence electrons. The van der Waals surface area contributed by atoms with Gasteiger partial charge in [-0.1, -0.05) is 38.1 Å². The first-order valence-corrected chi connectivity index (χ1v) is 17.4. The number of benzene rings is 1. The Morgan fingerprint density at radius 3 is 2.08 bits per heavy atom. The Morgan fingerprint density at radius 1 is 0.863 bits per heavy atom. The highest BCUT2D eigenvalue weighted by molar-refractivity contribution is 5.89. The van der Waals surface area contributed by atoms with Crippen molar-refractivity contribution in [3.05, 3.63) is 48.0 Å². The zero-order chi connectivity index (χ0) is 37.7. The third kappa shape index (κ3) is 6.42. The van der Waals surface area contributed by atoms with Crippen LogP contribution in [0.3, 0.4) is 0 Å². The number of esters is 6. The molecule has 4 aliphatic rings. The van der Waals surface area contributed by atoms with Crippen molar-refractivity contribution in [2.75, 3.05) is 6.61 Å². The number of carbonyl (C=O) groups is 6. The van der Waals surface area contributed by atoms with Gasteiger partial charge in [-0.3, -0.25) is 24.0 Å². The molecule has 2 bridgehead atoms. The molecule has 3 fully saturated rings. The van der Waals surface area contributed by atoms with Crippen LogP contribution in [-0.2, 0) is 57.1 Å². The van der Waals surface area contributed by atoms with Gasteiger partial charge in [0, 0.05) is 46.0 Å². The molecule has 5 rings (SSSR count). The normalized spacial score (nSPS) is 36.4. The first-order chi connectivity index (χ1) is 23.8. The molecule has 2 saturated carbocycles. The summed E-state index contributed by atoms with van der Waals surface area (Å²) in [5.74, 6) is -7.26. The first-order valence-electron chi connectivity index (χ1n) is 17.4. The molecule has 11 atom stereocenters. The van der Waals surface area contributed by atoms with Gasteiger partial charge in [0.15, 0.2) is 11.7 Å². The van der Waals surface area contributed by atoms with Crippen molar-refractivity contribution >= 4 is 35.8 Å². The van der Waals surface area contributed by atoms with Crippen LogP contribution in [0, 0.1) is 29.1 Å². The SMILES string of the molecule is CCC(=O)O[C@H]1[C@H]2[C@H](OC(C)=O)[C@]34CO[C@@](C)([C@H]3[C@H](C(C)(C)OC(C)=O)C=C[C@@H]4OC(C)=O)[C@H](OC(=O)c3ccccc3)[C@]2(OC(C)=O)C[C@H]1C. The molecule has 1 saturated heterocycles. The largest absolute Gasteiger partial charge is 0.461 e. The standard InChI is InChI=1S/C38H48O13/c1-10-28(43)48-30-20(2)18-38(51-24(6)42)29(30)32(47-22(4)40)37-19-45-36(9,34(38)49-33(44)25-14-12-11-13-15-25)31(37)26(35(7,8)50-23(5)41)16-17-27(37)46-21(3)39/h11-17,20,26-27,29-32,34H,10,18-19H2,1-9H3/t20-,26-,27+,29+,30-,31-,32+,34+,36+,37+,38+/m1/s1. The lowest BCUT2D eigenvalue weighted by Gasteiger charge is -2.53. The second-order valence-electron chi connectivity index (χ2n) is 14.9. The van der Waals surface area contributed by atoms with E-state index in [-0.39, 0.29) is 25.0 Å². The average molecular weight is 713 g/mol. The molecule has 13 nitrogen and oxygen atoms in total. The summed E-state index contributed by atoms with van der Waals surface area (Å²) in [4.78, 5) is 79.1. The molecule has 13 heteroatoms. The molecule has 0 N–H and O–H groups in total. The van der Waals surface area contributed by atoms with Crippen molar-refractivity contribution in [1.82, 2.24) is 0 Å². The van der Waals surface area contributed by atoms with Crippen LogP contribution in [0.2, 0.25) is 0 Å². The lowest BCUT2D eigenvalue weighted by molar-refractivity contribution is -0.239. The van der Waals surface area contributed by atoms with Crippen molar-refractivity contribution in [3.8, 4) is 0 Å². The van der Waals surface area contributed by atoms with Crippen molar-refractivity contribution in [2.45, 2.75) is 116 Å². The number of carbonyl (C=O) groups excluding carboxylic acids is 6. The maximum atomic E-state index is 14.2. The van der Waals surface area contributed by atoms with Gasteiger partial charge in [-0.25, -0.2) is 4.79 Å². The van der Waals surface area contributed by atoms with Crippen molar-refractivity contribution in [1.29, 1.82) is 0 Å². The molecule has 0 unspecified atom stereocenters. The van der Waals surface area contributed by atoms with Crippen LogP contribution in [-0.4, -0.2) is 83.6 Å². The van der Waals surface area contributed by atoms with Crippen LogP contribution < -0.4 is 0 Å². The van der Waals surface area contributed by atoms with Gasteiger partial charge in [0.25, 0.3) is 0 Å². The van der Waals surface area contributed by atoms with E-state index in [9.17, 15) is 28.8 Å². The number of rotatable bonds is 9. The molecule has 0 amide bonds. The fourth-order valence-corrected chi connectivity index (χ4v) is 9.61. The third-order valence-corrected chi connectivity index (χ3v) is 11.1. The minimum Gasteiger partial charge on any atom is -0.461 e. The number of ether oxygens (including phenoxy) is 7. The summed E-state index contributed by atoms with van der Waals surface area (Å²) in [6.45, 7) is 13.4. The van der Waals surface area contributed by atoms with E-state index in [4.69, 9.17) is 33.2 Å². The summed E-state index contributed by atoms with van der Waals surface area (Å²) < 4.78 is 44.2. The van der Waals surface area contributed by atoms with Gasteiger partial charge >= 0.3 is 35.8 Å². The van der Waals surface area contributed by atoms with Crippen molar-refractivity contribution in [2.24, 2.45) is 29.1 Å². The van der Waals surface area contributed by atoms with E-state index in [0.29, 0.717) is 0 Å². The maximum Gasteiger partial charge on any atom is 0.338 e. The molecular formula is C38H48O13. The van der Waals surface area contributed by atoms with E-state index in [1.165, 1.54) is 27.7 Å². The van der Waals surface area contributed by atoms with Crippen LogP contribution in [0.15, 0.2) is 42.5 Å². The summed E-state index contributed by atoms with van der Waals surface area (Å²) in [5, 5.41) is 0. The monoisotopic (exact) mass is 712 g/mol. The number of hydrogen-bond donors (Lipinski definition) is 0. The van der Waals surface area contributed by atoms with E-state index < -0.39 is 106 Å². The van der Waals surface area contributed by atoms with Gasteiger partial charge < -0.3 is 33.2 Å². The predicted octanol–water partition coefficient (Wildman–Crippen LogP) is 4.29. The zero-order valence-electron chi connectivity index (χ0n) is 30.6. The summed E-state index contributed by atoms with van der Waals surface area (Å²) in [5.41, 5.74) is -5.93. The maximum absolute atomic E-state index is 14.2. The summed E-state index contributed by atoms with van der Waals surface area (Å²) >= 11 is 0. The van der Waals surface area contributed by atoms with Crippen LogP contribution in [0.4, 0.5) is 0 Å². The van der Waals surface area contributed by atoms with Gasteiger partial charge in [0.05, 0.1) is 23.5 Å². The van der Waals surface area contributed by atoms with E-state index in [0.717, 1.165) is 0 Å². The zero-order valence-corrected chi connectivity index (χ0v) is 30.6. The van der Waals surface area contributed by atoms with E-state index in [1.807, 2.05) is 6.92 Å². The lowest BCUT2D eigenvalue weighted by atomic mass is 9.54. The third-order valence-electron chi connectivity index (χ3n) is 11.1. The lowest BCUT2D eigenvalue weighted by Crippen LogP contribution is -2.64. The quantitative estimate of drug-likeness (QED) is 0.202. The summed E-state index contributed by atoms with van der Waals surface area (Å²) in [6.07, 6.45) is -1.42. The van der Waals surface area contributed by atoms with Crippen LogP contribution in [0.5, 0.6) is 0 Å². The molecular weight excluding hydrogens is 664 g/mol. The van der Waals surface area contributed by atoms with Gasteiger partial charge in [-0.05, 0) is 51.3 Å². The molecule has 1 heterocycles. The summed E-state index contributed by atoms with van der Waals surface area (Å²) in [7, 11) is 0. The minimum atomic E-state index is -1.81. The highest BCUT2D eigenvalue weighted by Crippen LogP contribution is 2.69. The minimum absolute atomic E-state index is 0.00875. The van der Waals surface area contributed by atoms with Crippen LogP contribution in [0.25, 0.3) is 0 Å². The van der Waals surface area contributed by atoms with Crippen LogP contribution in [0.1, 0.15) is 85.5 Å². The van der Waals surface area contributed by atoms with E-state index in [2.05, 4.69) is 0 Å². The molecule has 1 aromatic rings. The fourth-order valence-electron chi connectivity index (χ4n) is 9.61. The fraction of sp³-hybridized carbons (Fsp3) is 0.632. The Morgan fingerprint density at radius 2 is 1.51 bits per heavy atom. The van der Waals surface area contributed by atoms with Gasteiger partial charge in [-0.15, -0.1) is 0 Å². The highest BCUT2D eigenvalue weighted by Gasteiger charge is 2.82. The Labute approximate surface area is 297 Å². The second-order valence-corrected chi connectivity index (χ2v) is 14.9. The first kappa shape index (κ1) is 38.0. The molecule has 0 spiro atoms. The number of hydrogen-bond acceptors (Lipinski definition) is 13. The molecule has 3 aliphatic carbocycles. The van der Waals surface area contributed by atoms with E-state index >= 15 is 0 Å². The topological polar surface area (TPSA) is 167 Å². The van der Waals surface area contributed by atoms with Gasteiger partial charge in [0.1, 0.15) is 29.5 Å². The Kier molecular flexibility index (Phi) is 10.2. The second kappa shape index (κ2) is 13.7. The Hall–Kier alpha value is -4.26. The molecule has 51 heavy (non-hydrogen) atoms. The smallest absolute Gasteiger partial charge is 0.338 e. The molecule has 1 aromatic carbocycles. The van der Waals surface area contributed by atoms with E-state index in [1.54, 1.807) is 70.2 Å². The number of fused-ring (bicyclic) bond motifs is 1. The van der Waals surface area contributed by atoms with Crippen LogP contribution >= 0.6 is 0 Å².